The van der Waals surface area contributed by atoms with E-state index in [2.05, 4.69) is 82.5 Å². The normalized spacial score (nSPS) is 12.8. The van der Waals surface area contributed by atoms with E-state index >= 15 is 0 Å². The van der Waals surface area contributed by atoms with Gasteiger partial charge in [0.1, 0.15) is 0 Å². The summed E-state index contributed by atoms with van der Waals surface area (Å²) in [6, 6.07) is 42.2. The second-order valence-corrected chi connectivity index (χ2v) is 18.0. The zero-order valence-electron chi connectivity index (χ0n) is 34.9. The summed E-state index contributed by atoms with van der Waals surface area (Å²) in [4.78, 5) is 0. The van der Waals surface area contributed by atoms with Gasteiger partial charge < -0.3 is 9.13 Å². The number of halogens is 6. The average molecular weight is 834 g/mol. The van der Waals surface area contributed by atoms with Gasteiger partial charge in [-0.25, -0.2) is 0 Å². The van der Waals surface area contributed by atoms with Crippen LogP contribution in [-0.4, -0.2) is 9.13 Å². The Morgan fingerprint density at radius 2 is 0.952 bits per heavy atom. The van der Waals surface area contributed by atoms with Crippen molar-refractivity contribution in [1.82, 2.24) is 9.13 Å². The number of hydrogen-bond acceptors (Lipinski definition) is 1. The van der Waals surface area contributed by atoms with E-state index in [1.54, 1.807) is 12.1 Å². The van der Waals surface area contributed by atoms with Gasteiger partial charge in [0.05, 0.1) is 50.5 Å². The topological polar surface area (TPSA) is 33.6 Å². The quantitative estimate of drug-likeness (QED) is 0.163. The Labute approximate surface area is 355 Å². The molecule has 2 aromatic heterocycles. The predicted molar refractivity (Wildman–Crippen MR) is 238 cm³/mol. The molecule has 2 heterocycles. The fraction of sp³-hybridized carbons (Fsp3) is 0.189. The minimum atomic E-state index is -5.10. The lowest BCUT2D eigenvalue weighted by Crippen LogP contribution is -2.14. The molecule has 0 bridgehead atoms. The first-order valence-electron chi connectivity index (χ1n) is 20.3. The highest BCUT2D eigenvalue weighted by Gasteiger charge is 2.41. The standard InChI is InChI=1S/C53H41F6N3/c1-50(2,3)33-20-24-46-40(27-33)36-12-7-9-16-44(36)61(46)35-22-18-32(30-60)38(29-35)39-26-31(49-42(52(54,55)56)14-11-15-43(49)53(57,58)59)19-23-47(39)62-45-17-10-8-13-37(45)41-28-34(51(4,5)6)21-25-48(41)62/h7-29H,1-6H3. The molecule has 0 spiro atoms. The number of para-hydroxylation sites is 2. The lowest BCUT2D eigenvalue weighted by atomic mass is 9.86. The van der Waals surface area contributed by atoms with Gasteiger partial charge in [-0.3, -0.25) is 0 Å². The maximum absolute atomic E-state index is 14.8. The second-order valence-electron chi connectivity index (χ2n) is 18.0. The zero-order valence-corrected chi connectivity index (χ0v) is 34.9. The van der Waals surface area contributed by atoms with Crippen molar-refractivity contribution < 1.29 is 26.3 Å². The van der Waals surface area contributed by atoms with Crippen molar-refractivity contribution in [2.75, 3.05) is 0 Å². The fourth-order valence-corrected chi connectivity index (χ4v) is 8.85. The van der Waals surface area contributed by atoms with Crippen LogP contribution in [0.3, 0.4) is 0 Å². The highest BCUT2D eigenvalue weighted by molar-refractivity contribution is 6.11. The molecule has 0 saturated heterocycles. The van der Waals surface area contributed by atoms with Crippen molar-refractivity contribution in [3.8, 4) is 39.7 Å². The molecule has 0 unspecified atom stereocenters. The summed E-state index contributed by atoms with van der Waals surface area (Å²) in [7, 11) is 0. The van der Waals surface area contributed by atoms with Gasteiger partial charge in [-0.2, -0.15) is 31.6 Å². The summed E-state index contributed by atoms with van der Waals surface area (Å²) in [5, 5.41) is 14.6. The Kier molecular flexibility index (Phi) is 9.26. The van der Waals surface area contributed by atoms with Crippen molar-refractivity contribution in [1.29, 1.82) is 5.26 Å². The molecule has 9 rings (SSSR count). The number of nitrogens with zero attached hydrogens (tertiary/aromatic N) is 3. The Balaban J connectivity index is 1.40. The van der Waals surface area contributed by atoms with Crippen LogP contribution < -0.4 is 0 Å². The SMILES string of the molecule is CC(C)(C)c1ccc2c(c1)c1ccccc1n2-c1ccc(C#N)c(-c2cc(-c3c(C(F)(F)F)cccc3C(F)(F)F)ccc2-n2c3ccccc3c3cc(C(C)(C)C)ccc32)c1. The third-order valence-electron chi connectivity index (χ3n) is 12.0. The molecule has 9 aromatic rings. The summed E-state index contributed by atoms with van der Waals surface area (Å²) < 4.78 is 92.6. The van der Waals surface area contributed by atoms with Crippen LogP contribution in [0.1, 0.15) is 69.4 Å². The van der Waals surface area contributed by atoms with E-state index in [0.717, 1.165) is 60.8 Å². The summed E-state index contributed by atoms with van der Waals surface area (Å²) in [6.45, 7) is 12.8. The van der Waals surface area contributed by atoms with Crippen molar-refractivity contribution in [3.05, 3.63) is 167 Å². The smallest absolute Gasteiger partial charge is 0.309 e. The van der Waals surface area contributed by atoms with Crippen LogP contribution in [0.2, 0.25) is 0 Å². The van der Waals surface area contributed by atoms with E-state index in [4.69, 9.17) is 0 Å². The van der Waals surface area contributed by atoms with Gasteiger partial charge in [-0.1, -0.05) is 102 Å². The Bertz CT molecular complexity index is 3270. The van der Waals surface area contributed by atoms with Crippen LogP contribution in [0.4, 0.5) is 26.3 Å². The first-order valence-corrected chi connectivity index (χ1v) is 20.3. The van der Waals surface area contributed by atoms with Gasteiger partial charge in [-0.15, -0.1) is 0 Å². The fourth-order valence-electron chi connectivity index (χ4n) is 8.85. The van der Waals surface area contributed by atoms with E-state index in [9.17, 15) is 31.6 Å². The van der Waals surface area contributed by atoms with E-state index in [-0.39, 0.29) is 27.5 Å². The number of fused-ring (bicyclic) bond motifs is 6. The second kappa shape index (κ2) is 14.1. The van der Waals surface area contributed by atoms with Crippen molar-refractivity contribution in [2.45, 2.75) is 64.7 Å². The van der Waals surface area contributed by atoms with Crippen LogP contribution in [0.15, 0.2) is 140 Å². The number of alkyl halides is 6. The number of aromatic nitrogens is 2. The lowest BCUT2D eigenvalue weighted by molar-refractivity contribution is -0.142. The Morgan fingerprint density at radius 3 is 1.47 bits per heavy atom. The van der Waals surface area contributed by atoms with E-state index in [1.807, 2.05) is 71.3 Å². The minimum Gasteiger partial charge on any atom is -0.309 e. The molecule has 62 heavy (non-hydrogen) atoms. The molecule has 0 radical (unpaired) electrons. The molecule has 0 fully saturated rings. The van der Waals surface area contributed by atoms with Crippen LogP contribution >= 0.6 is 0 Å². The highest BCUT2D eigenvalue weighted by Crippen LogP contribution is 2.47. The summed E-state index contributed by atoms with van der Waals surface area (Å²) in [5.74, 6) is 0. The predicted octanol–water partition coefficient (Wildman–Crippen LogP) is 15.7. The van der Waals surface area contributed by atoms with Gasteiger partial charge in [0.2, 0.25) is 0 Å². The van der Waals surface area contributed by atoms with Gasteiger partial charge in [0.15, 0.2) is 0 Å². The first-order chi connectivity index (χ1) is 29.3. The summed E-state index contributed by atoms with van der Waals surface area (Å²) in [5.41, 5.74) is 3.14. The monoisotopic (exact) mass is 833 g/mol. The Hall–Kier alpha value is -6.79. The summed E-state index contributed by atoms with van der Waals surface area (Å²) in [6.07, 6.45) is -10.2. The average Bonchev–Trinajstić information content (AvgIpc) is 3.74. The van der Waals surface area contributed by atoms with E-state index < -0.39 is 29.0 Å². The molecule has 7 aromatic carbocycles. The third-order valence-corrected chi connectivity index (χ3v) is 12.0. The third kappa shape index (κ3) is 6.69. The van der Waals surface area contributed by atoms with Crippen LogP contribution in [0.25, 0.3) is 77.2 Å². The van der Waals surface area contributed by atoms with Crippen LogP contribution in [-0.2, 0) is 23.2 Å². The molecule has 310 valence electrons. The number of hydrogen-bond donors (Lipinski definition) is 0. The molecule has 0 aliphatic rings. The highest BCUT2D eigenvalue weighted by atomic mass is 19.4. The Morgan fingerprint density at radius 1 is 0.452 bits per heavy atom. The molecule has 0 atom stereocenters. The van der Waals surface area contributed by atoms with Crippen molar-refractivity contribution >= 4 is 43.6 Å². The zero-order chi connectivity index (χ0) is 44.1. The van der Waals surface area contributed by atoms with E-state index in [1.165, 1.54) is 12.1 Å². The van der Waals surface area contributed by atoms with Crippen LogP contribution in [0, 0.1) is 11.3 Å². The van der Waals surface area contributed by atoms with Gasteiger partial charge >= 0.3 is 12.4 Å². The molecular formula is C53H41F6N3. The molecular weight excluding hydrogens is 793 g/mol. The number of rotatable bonds is 4. The maximum atomic E-state index is 14.8. The lowest BCUT2D eigenvalue weighted by Gasteiger charge is -2.22. The molecule has 0 aliphatic carbocycles. The molecule has 0 N–H and O–H groups in total. The first kappa shape index (κ1) is 40.6. The number of benzene rings is 7. The molecule has 0 saturated carbocycles. The van der Waals surface area contributed by atoms with Crippen LogP contribution in [0.5, 0.6) is 0 Å². The molecule has 0 aliphatic heterocycles. The van der Waals surface area contributed by atoms with Gasteiger partial charge in [0, 0.05) is 43.9 Å². The minimum absolute atomic E-state index is 0.127. The molecule has 9 heteroatoms. The molecule has 3 nitrogen and oxygen atoms in total. The maximum Gasteiger partial charge on any atom is 0.417 e. The number of nitriles is 1. The largest absolute Gasteiger partial charge is 0.417 e. The van der Waals surface area contributed by atoms with E-state index in [0.29, 0.717) is 29.1 Å². The summed E-state index contributed by atoms with van der Waals surface area (Å²) >= 11 is 0. The van der Waals surface area contributed by atoms with Gasteiger partial charge in [0.25, 0.3) is 0 Å². The molecule has 0 amide bonds. The van der Waals surface area contributed by atoms with Crippen molar-refractivity contribution in [2.24, 2.45) is 0 Å². The van der Waals surface area contributed by atoms with Gasteiger partial charge in [-0.05, 0) is 106 Å². The van der Waals surface area contributed by atoms with Crippen molar-refractivity contribution in [3.63, 3.8) is 0 Å².